The molecule has 0 radical (unpaired) electrons. The first kappa shape index (κ1) is 15.6. The van der Waals surface area contributed by atoms with Crippen molar-refractivity contribution in [3.05, 3.63) is 47.4 Å². The van der Waals surface area contributed by atoms with Gasteiger partial charge in [0.05, 0.1) is 23.6 Å². The molecule has 0 saturated carbocycles. The zero-order valence-electron chi connectivity index (χ0n) is 13.4. The molecule has 7 heteroatoms. The van der Waals surface area contributed by atoms with E-state index in [-0.39, 0.29) is 11.9 Å². The molecule has 1 atom stereocenters. The summed E-state index contributed by atoms with van der Waals surface area (Å²) in [5.41, 5.74) is 2.87. The van der Waals surface area contributed by atoms with Crippen molar-refractivity contribution in [1.82, 2.24) is 19.3 Å². The van der Waals surface area contributed by atoms with E-state index in [1.54, 1.807) is 0 Å². The number of anilines is 1. The Hall–Kier alpha value is -2.25. The van der Waals surface area contributed by atoms with Crippen LogP contribution in [0.15, 0.2) is 36.0 Å². The Morgan fingerprint density at radius 2 is 2.30 bits per heavy atom. The molecule has 1 N–H and O–H groups in total. The van der Waals surface area contributed by atoms with E-state index in [2.05, 4.69) is 15.3 Å². The molecular formula is C16H19N5OS. The lowest BCUT2D eigenvalue weighted by atomic mass is 10.2. The number of nitrogens with one attached hydrogen (secondary N) is 1. The average Bonchev–Trinajstić information content (AvgIpc) is 3.13. The minimum absolute atomic E-state index is 0.0596. The number of carbonyl (C=O) groups is 1. The number of aryl methyl sites for hydroxylation is 1. The molecule has 3 aromatic heterocycles. The molecule has 1 amide bonds. The van der Waals surface area contributed by atoms with Gasteiger partial charge in [0.1, 0.15) is 5.65 Å². The lowest BCUT2D eigenvalue weighted by Gasteiger charge is -2.23. The van der Waals surface area contributed by atoms with Crippen LogP contribution in [0.5, 0.6) is 0 Å². The molecule has 0 bridgehead atoms. The fourth-order valence-corrected chi connectivity index (χ4v) is 3.01. The summed E-state index contributed by atoms with van der Waals surface area (Å²) in [5, 5.41) is 5.42. The molecule has 0 aliphatic rings. The van der Waals surface area contributed by atoms with Crippen molar-refractivity contribution >= 4 is 28.0 Å². The smallest absolute Gasteiger partial charge is 0.243 e. The molecule has 23 heavy (non-hydrogen) atoms. The number of thiazole rings is 1. The van der Waals surface area contributed by atoms with Crippen molar-refractivity contribution in [1.29, 1.82) is 0 Å². The van der Waals surface area contributed by atoms with Crippen LogP contribution in [0.1, 0.15) is 18.3 Å². The second-order valence-electron chi connectivity index (χ2n) is 5.55. The summed E-state index contributed by atoms with van der Waals surface area (Å²) in [6.45, 7) is 4.43. The van der Waals surface area contributed by atoms with E-state index in [0.29, 0.717) is 11.7 Å². The van der Waals surface area contributed by atoms with Gasteiger partial charge >= 0.3 is 0 Å². The molecule has 3 heterocycles. The quantitative estimate of drug-likeness (QED) is 0.781. The zero-order valence-corrected chi connectivity index (χ0v) is 14.2. The molecule has 0 aliphatic heterocycles. The molecule has 120 valence electrons. The molecule has 0 aliphatic carbocycles. The van der Waals surface area contributed by atoms with Gasteiger partial charge < -0.3 is 9.72 Å². The first-order chi connectivity index (χ1) is 11.0. The maximum absolute atomic E-state index is 12.3. The van der Waals surface area contributed by atoms with Gasteiger partial charge in [0.15, 0.2) is 5.13 Å². The highest BCUT2D eigenvalue weighted by atomic mass is 32.1. The van der Waals surface area contributed by atoms with Gasteiger partial charge in [0.2, 0.25) is 5.91 Å². The van der Waals surface area contributed by atoms with E-state index in [1.807, 2.05) is 66.2 Å². The lowest BCUT2D eigenvalue weighted by molar-refractivity contribution is -0.120. The molecule has 0 fully saturated rings. The van der Waals surface area contributed by atoms with E-state index in [1.165, 1.54) is 11.3 Å². The number of aromatic nitrogens is 3. The Labute approximate surface area is 138 Å². The number of fused-ring (bicyclic) bond motifs is 1. The third-order valence-electron chi connectivity index (χ3n) is 3.79. The number of likely N-dealkylation sites (N-methyl/N-ethyl adjacent to an activating group) is 1. The third kappa shape index (κ3) is 3.40. The van der Waals surface area contributed by atoms with E-state index in [0.717, 1.165) is 17.0 Å². The van der Waals surface area contributed by atoms with Crippen molar-refractivity contribution in [3.63, 3.8) is 0 Å². The molecule has 6 nitrogen and oxygen atoms in total. The van der Waals surface area contributed by atoms with E-state index < -0.39 is 0 Å². The summed E-state index contributed by atoms with van der Waals surface area (Å²) in [5.74, 6) is -0.0596. The summed E-state index contributed by atoms with van der Waals surface area (Å²) in [4.78, 5) is 23.0. The fourth-order valence-electron chi connectivity index (χ4n) is 2.32. The second kappa shape index (κ2) is 6.47. The van der Waals surface area contributed by atoms with Crippen LogP contribution in [0, 0.1) is 6.92 Å². The van der Waals surface area contributed by atoms with E-state index in [4.69, 9.17) is 0 Å². The Kier molecular flexibility index (Phi) is 4.40. The highest BCUT2D eigenvalue weighted by Crippen LogP contribution is 2.16. The Morgan fingerprint density at radius 1 is 1.48 bits per heavy atom. The summed E-state index contributed by atoms with van der Waals surface area (Å²) >= 11 is 1.44. The van der Waals surface area contributed by atoms with Gasteiger partial charge in [-0.15, -0.1) is 11.3 Å². The number of rotatable bonds is 5. The molecule has 3 aromatic rings. The highest BCUT2D eigenvalue weighted by molar-refractivity contribution is 7.13. The van der Waals surface area contributed by atoms with Crippen LogP contribution in [0.3, 0.4) is 0 Å². The number of carbonyl (C=O) groups excluding carboxylic acids is 1. The van der Waals surface area contributed by atoms with Gasteiger partial charge in [-0.25, -0.2) is 9.97 Å². The number of hydrogen-bond acceptors (Lipinski definition) is 5. The predicted octanol–water partition coefficient (Wildman–Crippen LogP) is 2.56. The van der Waals surface area contributed by atoms with Gasteiger partial charge in [-0.05, 0) is 33.0 Å². The first-order valence-electron chi connectivity index (χ1n) is 7.39. The Balaban J connectivity index is 1.67. The van der Waals surface area contributed by atoms with E-state index in [9.17, 15) is 4.79 Å². The standard InChI is InChI=1S/C16H19N5OS/c1-11-10-23-16(18-11)19-15(22)12(2)20(3)9-13-8-17-14-6-4-5-7-21(13)14/h4-8,10,12H,9H2,1-3H3,(H,18,19,22). The van der Waals surface area contributed by atoms with Crippen molar-refractivity contribution in [2.24, 2.45) is 0 Å². The summed E-state index contributed by atoms with van der Waals surface area (Å²) < 4.78 is 2.03. The highest BCUT2D eigenvalue weighted by Gasteiger charge is 2.20. The summed E-state index contributed by atoms with van der Waals surface area (Å²) in [7, 11) is 1.93. The van der Waals surface area contributed by atoms with Gasteiger partial charge in [-0.2, -0.15) is 0 Å². The van der Waals surface area contributed by atoms with Gasteiger partial charge in [-0.3, -0.25) is 9.69 Å². The SMILES string of the molecule is Cc1csc(NC(=O)C(C)N(C)Cc2cnc3ccccn23)n1. The van der Waals surface area contributed by atoms with Crippen molar-refractivity contribution in [2.45, 2.75) is 26.4 Å². The average molecular weight is 329 g/mol. The Morgan fingerprint density at radius 3 is 3.04 bits per heavy atom. The monoisotopic (exact) mass is 329 g/mol. The number of amides is 1. The molecule has 1 unspecified atom stereocenters. The van der Waals surface area contributed by atoms with E-state index >= 15 is 0 Å². The molecule has 0 spiro atoms. The predicted molar refractivity (Wildman–Crippen MR) is 91.6 cm³/mol. The minimum Gasteiger partial charge on any atom is -0.303 e. The maximum atomic E-state index is 12.3. The maximum Gasteiger partial charge on any atom is 0.243 e. The first-order valence-corrected chi connectivity index (χ1v) is 8.27. The minimum atomic E-state index is -0.270. The van der Waals surface area contributed by atoms with Crippen LogP contribution in [-0.4, -0.2) is 38.3 Å². The van der Waals surface area contributed by atoms with Crippen molar-refractivity contribution < 1.29 is 4.79 Å². The van der Waals surface area contributed by atoms with Gasteiger partial charge in [0, 0.05) is 18.1 Å². The van der Waals surface area contributed by atoms with Crippen LogP contribution >= 0.6 is 11.3 Å². The molecular weight excluding hydrogens is 310 g/mol. The van der Waals surface area contributed by atoms with Crippen LogP contribution in [0.25, 0.3) is 5.65 Å². The van der Waals surface area contributed by atoms with Gasteiger partial charge in [0.25, 0.3) is 0 Å². The van der Waals surface area contributed by atoms with Crippen LogP contribution in [-0.2, 0) is 11.3 Å². The number of nitrogens with zero attached hydrogens (tertiary/aromatic N) is 4. The largest absolute Gasteiger partial charge is 0.303 e. The van der Waals surface area contributed by atoms with Crippen LogP contribution in [0.2, 0.25) is 0 Å². The number of pyridine rings is 1. The Bertz CT molecular complexity index is 825. The normalized spacial score (nSPS) is 12.7. The van der Waals surface area contributed by atoms with Crippen molar-refractivity contribution in [3.8, 4) is 0 Å². The fraction of sp³-hybridized carbons (Fsp3) is 0.312. The van der Waals surface area contributed by atoms with Gasteiger partial charge in [-0.1, -0.05) is 6.07 Å². The summed E-state index contributed by atoms with van der Waals surface area (Å²) in [6.07, 6.45) is 3.83. The molecule has 0 saturated heterocycles. The van der Waals surface area contributed by atoms with Crippen LogP contribution in [0.4, 0.5) is 5.13 Å². The number of hydrogen-bond donors (Lipinski definition) is 1. The summed E-state index contributed by atoms with van der Waals surface area (Å²) in [6, 6.07) is 5.62. The second-order valence-corrected chi connectivity index (χ2v) is 6.41. The molecule has 0 aromatic carbocycles. The topological polar surface area (TPSA) is 62.5 Å². The number of imidazole rings is 1. The molecule has 3 rings (SSSR count). The van der Waals surface area contributed by atoms with Crippen LogP contribution < -0.4 is 5.32 Å². The lowest BCUT2D eigenvalue weighted by Crippen LogP contribution is -2.39. The van der Waals surface area contributed by atoms with Crippen molar-refractivity contribution in [2.75, 3.05) is 12.4 Å². The third-order valence-corrected chi connectivity index (χ3v) is 4.67. The zero-order chi connectivity index (χ0) is 16.4.